The van der Waals surface area contributed by atoms with E-state index in [0.29, 0.717) is 32.1 Å². The highest BCUT2D eigenvalue weighted by Gasteiger charge is 2.22. The zero-order valence-electron chi connectivity index (χ0n) is 14.1. The van der Waals surface area contributed by atoms with Crippen LogP contribution in [0.4, 0.5) is 20.8 Å². The maximum atomic E-state index is 13.5. The summed E-state index contributed by atoms with van der Waals surface area (Å²) < 4.78 is 13.5. The number of para-hydroxylation sites is 1. The van der Waals surface area contributed by atoms with Crippen LogP contribution in [0.25, 0.3) is 0 Å². The third-order valence-electron chi connectivity index (χ3n) is 3.95. The van der Waals surface area contributed by atoms with Gasteiger partial charge in [-0.3, -0.25) is 4.79 Å². The summed E-state index contributed by atoms with van der Waals surface area (Å²) >= 11 is 0. The molecule has 0 aliphatic carbocycles. The van der Waals surface area contributed by atoms with E-state index in [4.69, 9.17) is 0 Å². The second-order valence-electron chi connectivity index (χ2n) is 5.71. The summed E-state index contributed by atoms with van der Waals surface area (Å²) in [6.07, 6.45) is 3.35. The molecule has 3 amide bonds. The third kappa shape index (κ3) is 4.44. The van der Waals surface area contributed by atoms with Gasteiger partial charge in [-0.05, 0) is 18.2 Å². The summed E-state index contributed by atoms with van der Waals surface area (Å²) in [5, 5.41) is 4.97. The number of hydrogen-bond donors (Lipinski definition) is 2. The molecule has 0 saturated carbocycles. The summed E-state index contributed by atoms with van der Waals surface area (Å²) in [5.74, 6) is -0.372. The normalized spacial score (nSPS) is 14.0. The Morgan fingerprint density at radius 2 is 1.73 bits per heavy atom. The van der Waals surface area contributed by atoms with Crippen LogP contribution in [-0.2, 0) is 4.79 Å². The fourth-order valence-electron chi connectivity index (χ4n) is 2.59. The van der Waals surface area contributed by atoms with Crippen LogP contribution in [0.3, 0.4) is 0 Å². The van der Waals surface area contributed by atoms with Crippen molar-refractivity contribution in [1.29, 1.82) is 0 Å². The maximum Gasteiger partial charge on any atom is 0.317 e. The number of rotatable bonds is 4. The highest BCUT2D eigenvalue weighted by Crippen LogP contribution is 2.12. The first kappa shape index (κ1) is 17.6. The third-order valence-corrected chi connectivity index (χ3v) is 3.95. The van der Waals surface area contributed by atoms with Gasteiger partial charge in [-0.25, -0.2) is 19.2 Å². The lowest BCUT2D eigenvalue weighted by molar-refractivity contribution is -0.115. The van der Waals surface area contributed by atoms with E-state index in [9.17, 15) is 14.0 Å². The Balaban J connectivity index is 1.43. The average molecular weight is 358 g/mol. The van der Waals surface area contributed by atoms with E-state index in [1.165, 1.54) is 18.2 Å². The minimum Gasteiger partial charge on any atom is -0.337 e. The molecular formula is C17H19FN6O2. The van der Waals surface area contributed by atoms with Gasteiger partial charge in [-0.15, -0.1) is 0 Å². The van der Waals surface area contributed by atoms with Crippen molar-refractivity contribution in [1.82, 2.24) is 20.2 Å². The summed E-state index contributed by atoms with van der Waals surface area (Å²) in [6.45, 7) is 1.99. The van der Waals surface area contributed by atoms with Crippen molar-refractivity contribution in [2.24, 2.45) is 0 Å². The molecule has 2 aromatic rings. The quantitative estimate of drug-likeness (QED) is 0.854. The number of amides is 3. The Morgan fingerprint density at radius 1 is 1.04 bits per heavy atom. The SMILES string of the molecule is O=C(CNC(=O)N1CCN(c2ncccn2)CC1)Nc1ccccc1F. The number of carbonyl (C=O) groups is 2. The van der Waals surface area contributed by atoms with Crippen LogP contribution in [0.2, 0.25) is 0 Å². The van der Waals surface area contributed by atoms with Crippen LogP contribution in [0.1, 0.15) is 0 Å². The highest BCUT2D eigenvalue weighted by molar-refractivity contribution is 5.94. The lowest BCUT2D eigenvalue weighted by atomic mass is 10.3. The molecule has 136 valence electrons. The largest absolute Gasteiger partial charge is 0.337 e. The number of nitrogens with one attached hydrogen (secondary N) is 2. The first-order valence-electron chi connectivity index (χ1n) is 8.22. The summed E-state index contributed by atoms with van der Waals surface area (Å²) in [6, 6.07) is 7.28. The number of benzene rings is 1. The Morgan fingerprint density at radius 3 is 2.42 bits per heavy atom. The summed E-state index contributed by atoms with van der Waals surface area (Å²) in [4.78, 5) is 36.0. The average Bonchev–Trinajstić information content (AvgIpc) is 2.69. The molecule has 9 heteroatoms. The number of carbonyl (C=O) groups excluding carboxylic acids is 2. The summed E-state index contributed by atoms with van der Waals surface area (Å²) in [5.41, 5.74) is 0.0863. The van der Waals surface area contributed by atoms with Crippen LogP contribution in [0, 0.1) is 5.82 Å². The van der Waals surface area contributed by atoms with E-state index in [1.54, 1.807) is 29.4 Å². The van der Waals surface area contributed by atoms with E-state index in [0.717, 1.165) is 0 Å². The molecule has 0 unspecified atom stereocenters. The Kier molecular flexibility index (Phi) is 5.57. The predicted molar refractivity (Wildman–Crippen MR) is 94.2 cm³/mol. The molecule has 1 saturated heterocycles. The minimum absolute atomic E-state index is 0.0863. The standard InChI is InChI=1S/C17H19FN6O2/c18-13-4-1-2-5-14(13)22-15(25)12-21-17(26)24-10-8-23(9-11-24)16-19-6-3-7-20-16/h1-7H,8-12H2,(H,21,26)(H,22,25). The number of nitrogens with zero attached hydrogens (tertiary/aromatic N) is 4. The fraction of sp³-hybridized carbons (Fsp3) is 0.294. The van der Waals surface area contributed by atoms with Gasteiger partial charge in [-0.2, -0.15) is 0 Å². The molecular weight excluding hydrogens is 339 g/mol. The van der Waals surface area contributed by atoms with Gasteiger partial charge in [0.1, 0.15) is 5.82 Å². The number of aromatic nitrogens is 2. The van der Waals surface area contributed by atoms with Gasteiger partial charge in [0.15, 0.2) is 0 Å². The first-order valence-corrected chi connectivity index (χ1v) is 8.22. The Hall–Kier alpha value is -3.23. The molecule has 0 atom stereocenters. The second kappa shape index (κ2) is 8.24. The van der Waals surface area contributed by atoms with Crippen molar-refractivity contribution in [3.8, 4) is 0 Å². The van der Waals surface area contributed by atoms with Gasteiger partial charge in [-0.1, -0.05) is 12.1 Å². The van der Waals surface area contributed by atoms with E-state index < -0.39 is 11.7 Å². The zero-order valence-corrected chi connectivity index (χ0v) is 14.1. The number of anilines is 2. The maximum absolute atomic E-state index is 13.5. The van der Waals surface area contributed by atoms with E-state index >= 15 is 0 Å². The van der Waals surface area contributed by atoms with Gasteiger partial charge in [0.25, 0.3) is 0 Å². The Labute approximate surface area is 150 Å². The second-order valence-corrected chi connectivity index (χ2v) is 5.71. The van der Waals surface area contributed by atoms with Crippen molar-refractivity contribution in [3.05, 3.63) is 48.5 Å². The Bertz CT molecular complexity index is 765. The van der Waals surface area contributed by atoms with Crippen LogP contribution < -0.4 is 15.5 Å². The van der Waals surface area contributed by atoms with Crippen molar-refractivity contribution in [2.75, 3.05) is 42.9 Å². The molecule has 1 aromatic carbocycles. The molecule has 8 nitrogen and oxygen atoms in total. The topological polar surface area (TPSA) is 90.5 Å². The van der Waals surface area contributed by atoms with Gasteiger partial charge in [0.05, 0.1) is 12.2 Å². The molecule has 0 radical (unpaired) electrons. The molecule has 1 aromatic heterocycles. The molecule has 0 spiro atoms. The van der Waals surface area contributed by atoms with Crippen molar-refractivity contribution in [3.63, 3.8) is 0 Å². The van der Waals surface area contributed by atoms with E-state index in [-0.39, 0.29) is 18.3 Å². The zero-order chi connectivity index (χ0) is 18.4. The molecule has 0 bridgehead atoms. The predicted octanol–water partition coefficient (Wildman–Crippen LogP) is 1.09. The number of urea groups is 1. The highest BCUT2D eigenvalue weighted by atomic mass is 19.1. The van der Waals surface area contributed by atoms with Crippen LogP contribution in [0.5, 0.6) is 0 Å². The number of hydrogen-bond acceptors (Lipinski definition) is 5. The molecule has 3 rings (SSSR count). The van der Waals surface area contributed by atoms with Crippen LogP contribution in [0.15, 0.2) is 42.7 Å². The minimum atomic E-state index is -0.522. The van der Waals surface area contributed by atoms with Gasteiger partial charge in [0.2, 0.25) is 11.9 Å². The smallest absolute Gasteiger partial charge is 0.317 e. The lowest BCUT2D eigenvalue weighted by Gasteiger charge is -2.34. The molecule has 1 fully saturated rings. The van der Waals surface area contributed by atoms with Crippen molar-refractivity contribution < 1.29 is 14.0 Å². The van der Waals surface area contributed by atoms with Crippen molar-refractivity contribution in [2.45, 2.75) is 0 Å². The number of halogens is 1. The summed E-state index contributed by atoms with van der Waals surface area (Å²) in [7, 11) is 0. The van der Waals surface area contributed by atoms with Crippen LogP contribution >= 0.6 is 0 Å². The molecule has 2 N–H and O–H groups in total. The van der Waals surface area contributed by atoms with Gasteiger partial charge >= 0.3 is 6.03 Å². The van der Waals surface area contributed by atoms with Gasteiger partial charge < -0.3 is 20.4 Å². The molecule has 2 heterocycles. The van der Waals surface area contributed by atoms with Gasteiger partial charge in [0, 0.05) is 38.6 Å². The van der Waals surface area contributed by atoms with Crippen LogP contribution in [-0.4, -0.2) is 59.5 Å². The number of piperazine rings is 1. The lowest BCUT2D eigenvalue weighted by Crippen LogP contribution is -2.53. The first-order chi connectivity index (χ1) is 12.6. The molecule has 1 aliphatic heterocycles. The monoisotopic (exact) mass is 358 g/mol. The van der Waals surface area contributed by atoms with E-state index in [1.807, 2.05) is 4.90 Å². The van der Waals surface area contributed by atoms with Crippen molar-refractivity contribution >= 4 is 23.6 Å². The van der Waals surface area contributed by atoms with E-state index in [2.05, 4.69) is 20.6 Å². The fourth-order valence-corrected chi connectivity index (χ4v) is 2.59. The molecule has 1 aliphatic rings. The molecule has 26 heavy (non-hydrogen) atoms.